The van der Waals surface area contributed by atoms with Crippen LogP contribution in [0.15, 0.2) is 39.7 Å². The standard InChI is InChI=1S/C24H38O6S2.C18H32O6S.C11H18O3S.C8H18O3.CH4.H2/c1-5-9-25-11-13-27-15-17-29-22-20(4)32-24(21-8-7-19(3)31-21)23(22)30-18-16-28-14-12-26-10-6-2;1-3-5-19-7-9-21-11-13-23-17-15-25-16-18(17)24-14-12-22-10-8-20-6-4-2;1-2-4-12-5-6-13-7-8-14-11-3-9-15-10-11;1-3-4-10-7-8-11-6-5-9-2;;/h7-8H,5-6,9-18H2,1-4H3;15-16H,3-14H2,1-2H3;3,9-10H,2,4-8H2,1H3;3-8H2,1-2H3;1H4;1H/i;;;;;1+1D. The molecule has 0 aliphatic carbocycles. The van der Waals surface area contributed by atoms with Crippen molar-refractivity contribution in [1.82, 2.24) is 0 Å². The second-order valence-corrected chi connectivity index (χ2v) is 21.7. The summed E-state index contributed by atoms with van der Waals surface area (Å²) >= 11 is 6.64. The summed E-state index contributed by atoms with van der Waals surface area (Å²) in [5.41, 5.74) is 0. The number of rotatable bonds is 54. The smallest absolute Gasteiger partial charge is 0.181 e. The molecule has 4 aromatic rings. The second kappa shape index (κ2) is 63.3. The number of aryl methyl sites for hydroxylation is 2. The Morgan fingerprint density at radius 1 is 0.345 bits per heavy atom. The van der Waals surface area contributed by atoms with Gasteiger partial charge in [0, 0.05) is 80.5 Å². The molecule has 18 nitrogen and oxygen atoms in total. The van der Waals surface area contributed by atoms with Crippen LogP contribution in [0.5, 0.6) is 28.7 Å². The van der Waals surface area contributed by atoms with Gasteiger partial charge < -0.3 is 85.3 Å². The van der Waals surface area contributed by atoms with Crippen LogP contribution in [0.3, 0.4) is 0 Å². The van der Waals surface area contributed by atoms with E-state index in [1.165, 1.54) is 9.75 Å². The van der Waals surface area contributed by atoms with Crippen LogP contribution in [0.25, 0.3) is 9.75 Å². The number of thiophene rings is 4. The average molecular weight is 1280 g/mol. The molecule has 0 bridgehead atoms. The van der Waals surface area contributed by atoms with E-state index in [0.29, 0.717) is 159 Å². The van der Waals surface area contributed by atoms with E-state index in [4.69, 9.17) is 88.2 Å². The molecule has 492 valence electrons. The Morgan fingerprint density at radius 3 is 1.01 bits per heavy atom. The molecule has 22 heteroatoms. The van der Waals surface area contributed by atoms with Crippen LogP contribution >= 0.6 is 45.3 Å². The van der Waals surface area contributed by atoms with E-state index in [0.717, 1.165) is 117 Å². The predicted octanol–water partition coefficient (Wildman–Crippen LogP) is 13.7. The van der Waals surface area contributed by atoms with Gasteiger partial charge in [0.2, 0.25) is 0 Å². The summed E-state index contributed by atoms with van der Waals surface area (Å²) in [7, 11) is 1.66. The largest absolute Gasteiger partial charge is 0.490 e. The van der Waals surface area contributed by atoms with Crippen LogP contribution in [0.4, 0.5) is 0 Å². The minimum atomic E-state index is 0. The highest BCUT2D eigenvalue weighted by Crippen LogP contribution is 2.49. The topological polar surface area (TPSA) is 166 Å². The summed E-state index contributed by atoms with van der Waals surface area (Å²) in [6.45, 7) is 35.5. The zero-order chi connectivity index (χ0) is 62.2. The molecule has 0 aliphatic heterocycles. The van der Waals surface area contributed by atoms with Crippen molar-refractivity contribution < 1.29 is 88.2 Å². The van der Waals surface area contributed by atoms with Gasteiger partial charge in [-0.25, -0.2) is 0 Å². The number of methoxy groups -OCH3 is 1. The SMILES string of the molecule is C.CCCOCCOCCOC.CCCOCCOCCOc1c(C)sc(-c2ccc(C)s2)c1OCCOCCOCCC.CCCOCCOCCOc1ccsc1.CCCOCCOCCOc1cscc1OCCOCCOCCC.[2H][2H]. The van der Waals surface area contributed by atoms with Crippen molar-refractivity contribution in [2.45, 2.75) is 101 Å². The highest BCUT2D eigenvalue weighted by atomic mass is 32.1. The minimum Gasteiger partial charge on any atom is -0.490 e. The summed E-state index contributed by atoms with van der Waals surface area (Å²) in [5, 5.41) is 7.83. The van der Waals surface area contributed by atoms with Gasteiger partial charge >= 0.3 is 0 Å². The Balaban J connectivity index is 0. The maximum absolute atomic E-state index is 6.17. The first kappa shape index (κ1) is 79.3. The normalized spacial score (nSPS) is 10.9. The Bertz CT molecular complexity index is 1870. The van der Waals surface area contributed by atoms with Crippen molar-refractivity contribution in [3.05, 3.63) is 49.5 Å². The highest BCUT2D eigenvalue weighted by molar-refractivity contribution is 7.22. The molecule has 4 heterocycles. The van der Waals surface area contributed by atoms with Gasteiger partial charge in [0.15, 0.2) is 23.0 Å². The third-order valence-electron chi connectivity index (χ3n) is 10.2. The van der Waals surface area contributed by atoms with Crippen LogP contribution < -0.4 is 23.7 Å². The number of hydrogen-bond donors (Lipinski definition) is 0. The van der Waals surface area contributed by atoms with E-state index >= 15 is 0 Å². The first-order chi connectivity index (χ1) is 41.9. The van der Waals surface area contributed by atoms with Crippen LogP contribution in [0.2, 0.25) is 0 Å². The fourth-order valence-corrected chi connectivity index (χ4v) is 9.60. The molecular weight excluding hydrogens is 1160 g/mol. The lowest BCUT2D eigenvalue weighted by Gasteiger charge is -2.12. The summed E-state index contributed by atoms with van der Waals surface area (Å²) in [4.78, 5) is 4.67. The van der Waals surface area contributed by atoms with Crippen LogP contribution in [0, 0.1) is 13.8 Å². The van der Waals surface area contributed by atoms with Crippen molar-refractivity contribution in [2.75, 3.05) is 205 Å². The first-order valence-electron chi connectivity index (χ1n) is 30.7. The third-order valence-corrected chi connectivity index (χ3v) is 13.8. The Kier molecular flexibility index (Phi) is 59.8. The number of hydrogen-bond acceptors (Lipinski definition) is 22. The van der Waals surface area contributed by atoms with Crippen LogP contribution in [0.1, 0.15) is 100 Å². The summed E-state index contributed by atoms with van der Waals surface area (Å²) in [6.07, 6.45) is 6.22. The maximum atomic E-state index is 6.17. The molecule has 84 heavy (non-hydrogen) atoms. The minimum absolute atomic E-state index is 0. The molecule has 0 N–H and O–H groups in total. The van der Waals surface area contributed by atoms with E-state index < -0.39 is 0 Å². The zero-order valence-electron chi connectivity index (χ0n) is 54.0. The zero-order valence-corrected chi connectivity index (χ0v) is 55.2. The van der Waals surface area contributed by atoms with E-state index in [1.807, 2.05) is 27.6 Å². The molecule has 0 aliphatic rings. The molecule has 4 aromatic heterocycles. The first-order valence-corrected chi connectivity index (χ1v) is 33.3. The fraction of sp³-hybridized carbons (Fsp3) is 0.742. The predicted molar refractivity (Wildman–Crippen MR) is 346 cm³/mol. The summed E-state index contributed by atoms with van der Waals surface area (Å²) in [6, 6.07) is 6.23. The van der Waals surface area contributed by atoms with Gasteiger partial charge in [0.05, 0.1) is 130 Å². The molecule has 0 amide bonds. The summed E-state index contributed by atoms with van der Waals surface area (Å²) in [5.74, 6) is 4.02. The Labute approximate surface area is 525 Å². The maximum Gasteiger partial charge on any atom is 0.181 e. The molecular formula is C62H112O18S4. The fourth-order valence-electron chi connectivity index (χ4n) is 6.33. The van der Waals surface area contributed by atoms with Gasteiger partial charge in [-0.3, -0.25) is 0 Å². The molecule has 0 saturated heterocycles. The van der Waals surface area contributed by atoms with E-state index in [-0.39, 0.29) is 7.43 Å². The highest BCUT2D eigenvalue weighted by Gasteiger charge is 2.21. The van der Waals surface area contributed by atoms with Crippen molar-refractivity contribution in [1.29, 1.82) is 0 Å². The van der Waals surface area contributed by atoms with Crippen molar-refractivity contribution >= 4 is 45.3 Å². The Morgan fingerprint density at radius 2 is 0.679 bits per heavy atom. The van der Waals surface area contributed by atoms with Crippen molar-refractivity contribution in [2.24, 2.45) is 0 Å². The van der Waals surface area contributed by atoms with Crippen LogP contribution in [-0.4, -0.2) is 205 Å². The molecule has 0 saturated carbocycles. The van der Waals surface area contributed by atoms with E-state index in [9.17, 15) is 0 Å². The Hall–Kier alpha value is -2.72. The van der Waals surface area contributed by atoms with Gasteiger partial charge in [0.1, 0.15) is 38.8 Å². The molecule has 0 aromatic carbocycles. The van der Waals surface area contributed by atoms with Gasteiger partial charge in [-0.1, -0.05) is 49.0 Å². The van der Waals surface area contributed by atoms with E-state index in [2.05, 4.69) is 67.5 Å². The lowest BCUT2D eigenvalue weighted by Crippen LogP contribution is -2.13. The quantitative estimate of drug-likeness (QED) is 0.0383. The third kappa shape index (κ3) is 47.4. The van der Waals surface area contributed by atoms with Crippen molar-refractivity contribution in [3.63, 3.8) is 0 Å². The van der Waals surface area contributed by atoms with Crippen LogP contribution in [-0.2, 0) is 61.6 Å². The van der Waals surface area contributed by atoms with Gasteiger partial charge in [0.25, 0.3) is 0 Å². The van der Waals surface area contributed by atoms with Gasteiger partial charge in [-0.2, -0.15) is 0 Å². The van der Waals surface area contributed by atoms with Crippen molar-refractivity contribution in [3.8, 4) is 38.5 Å². The molecule has 0 spiro atoms. The number of ether oxygens (including phenoxy) is 18. The second-order valence-electron chi connectivity index (χ2n) is 17.7. The summed E-state index contributed by atoms with van der Waals surface area (Å²) < 4.78 is 109. The molecule has 0 fully saturated rings. The lowest BCUT2D eigenvalue weighted by molar-refractivity contribution is 0.0250. The molecule has 0 unspecified atom stereocenters. The average Bonchev–Trinajstić information content (AvgIpc) is 2.57. The lowest BCUT2D eigenvalue weighted by atomic mass is 10.3. The molecule has 0 atom stereocenters. The van der Waals surface area contributed by atoms with Gasteiger partial charge in [-0.05, 0) is 76.0 Å². The molecule has 4 rings (SSSR count). The van der Waals surface area contributed by atoms with Gasteiger partial charge in [-0.15, -0.1) is 45.3 Å². The monoisotopic (exact) mass is 1270 g/mol. The molecule has 0 radical (unpaired) electrons. The van der Waals surface area contributed by atoms with E-state index in [1.54, 1.807) is 52.5 Å².